The molecule has 0 fully saturated rings. The number of nitrogens with one attached hydrogen (secondary N) is 1. The summed E-state index contributed by atoms with van der Waals surface area (Å²) in [5.74, 6) is -0.208. The maximum Gasteiger partial charge on any atom is 0.411 e. The Hall–Kier alpha value is -3.18. The number of carbonyl (C=O) groups excluding carboxylic acids is 2. The first-order valence-corrected chi connectivity index (χ1v) is 16.6. The number of methoxy groups -OCH3 is 2. The number of anilines is 3. The molecular formula is C30H40N2O7S2. The molecule has 1 heterocycles. The van der Waals surface area contributed by atoms with Gasteiger partial charge in [-0.1, -0.05) is 39.5 Å². The van der Waals surface area contributed by atoms with E-state index in [9.17, 15) is 18.0 Å². The van der Waals surface area contributed by atoms with E-state index >= 15 is 0 Å². The summed E-state index contributed by atoms with van der Waals surface area (Å²) in [5, 5.41) is 2.66. The largest absolute Gasteiger partial charge is 0.466 e. The molecule has 1 aliphatic heterocycles. The first-order valence-electron chi connectivity index (χ1n) is 13.7. The Balaban J connectivity index is 2.20. The molecule has 0 atom stereocenters. The van der Waals surface area contributed by atoms with Gasteiger partial charge >= 0.3 is 12.1 Å². The van der Waals surface area contributed by atoms with E-state index in [-0.39, 0.29) is 10.6 Å². The number of esters is 1. The molecule has 0 bridgehead atoms. The Kier molecular flexibility index (Phi) is 11.5. The number of hydrogen-bond donors (Lipinski definition) is 1. The minimum atomic E-state index is -3.73. The molecule has 1 aliphatic rings. The van der Waals surface area contributed by atoms with E-state index in [0.717, 1.165) is 55.2 Å². The second-order valence-electron chi connectivity index (χ2n) is 10.1. The lowest BCUT2D eigenvalue weighted by Gasteiger charge is -2.37. The van der Waals surface area contributed by atoms with Gasteiger partial charge in [-0.2, -0.15) is 0 Å². The number of unbranched alkanes of at least 4 members (excludes halogenated alkanes) is 2. The summed E-state index contributed by atoms with van der Waals surface area (Å²) in [5.41, 5.74) is 1.49. The van der Waals surface area contributed by atoms with Crippen LogP contribution >= 0.6 is 11.8 Å². The average molecular weight is 605 g/mol. The fraction of sp³-hybridized carbons (Fsp3) is 0.467. The highest BCUT2D eigenvalue weighted by Crippen LogP contribution is 2.48. The molecule has 0 radical (unpaired) electrons. The van der Waals surface area contributed by atoms with Gasteiger partial charge in [-0.15, -0.1) is 11.8 Å². The fourth-order valence-electron chi connectivity index (χ4n) is 5.08. The molecule has 0 spiro atoms. The number of benzene rings is 2. The first-order chi connectivity index (χ1) is 19.6. The molecule has 0 saturated carbocycles. The average Bonchev–Trinajstić information content (AvgIpc) is 3.06. The Morgan fingerprint density at radius 3 is 2.27 bits per heavy atom. The van der Waals surface area contributed by atoms with E-state index in [2.05, 4.69) is 28.8 Å². The minimum Gasteiger partial charge on any atom is -0.466 e. The van der Waals surface area contributed by atoms with Gasteiger partial charge in [-0.05, 0) is 49.4 Å². The van der Waals surface area contributed by atoms with Crippen LogP contribution in [0.3, 0.4) is 0 Å². The Labute approximate surface area is 247 Å². The van der Waals surface area contributed by atoms with Gasteiger partial charge in [0.05, 0.1) is 47.8 Å². The number of sulfone groups is 1. The highest BCUT2D eigenvalue weighted by atomic mass is 32.2. The normalized spacial score (nSPS) is 15.6. The van der Waals surface area contributed by atoms with Crippen molar-refractivity contribution in [2.45, 2.75) is 62.2 Å². The van der Waals surface area contributed by atoms with Crippen LogP contribution in [0, 0.1) is 5.41 Å². The van der Waals surface area contributed by atoms with Crippen LogP contribution in [0.4, 0.5) is 21.9 Å². The van der Waals surface area contributed by atoms with E-state index in [1.807, 2.05) is 24.5 Å². The number of nitrogens with zero attached hydrogens (tertiary/aromatic N) is 1. The third kappa shape index (κ3) is 8.19. The van der Waals surface area contributed by atoms with Crippen molar-refractivity contribution in [3.63, 3.8) is 0 Å². The monoisotopic (exact) mass is 604 g/mol. The first kappa shape index (κ1) is 32.3. The van der Waals surface area contributed by atoms with E-state index < -0.39 is 27.3 Å². The quantitative estimate of drug-likeness (QED) is 0.119. The molecule has 41 heavy (non-hydrogen) atoms. The van der Waals surface area contributed by atoms with Crippen molar-refractivity contribution < 1.29 is 32.2 Å². The molecule has 2 aromatic rings. The van der Waals surface area contributed by atoms with Gasteiger partial charge in [0.25, 0.3) is 0 Å². The van der Waals surface area contributed by atoms with Crippen LogP contribution in [0.2, 0.25) is 0 Å². The van der Waals surface area contributed by atoms with Crippen molar-refractivity contribution in [1.29, 1.82) is 0 Å². The van der Waals surface area contributed by atoms with Crippen LogP contribution < -0.4 is 15.0 Å². The molecule has 0 saturated heterocycles. The van der Waals surface area contributed by atoms with E-state index in [4.69, 9.17) is 9.47 Å². The lowest BCUT2D eigenvalue weighted by atomic mass is 9.79. The maximum absolute atomic E-state index is 14.2. The van der Waals surface area contributed by atoms with Crippen LogP contribution in [0.1, 0.15) is 52.4 Å². The number of ether oxygens (including phenoxy) is 3. The summed E-state index contributed by atoms with van der Waals surface area (Å²) in [6.07, 6.45) is 9.02. The number of hydrogen-bond acceptors (Lipinski definition) is 9. The smallest absolute Gasteiger partial charge is 0.411 e. The van der Waals surface area contributed by atoms with E-state index in [0.29, 0.717) is 23.7 Å². The van der Waals surface area contributed by atoms with Gasteiger partial charge in [0, 0.05) is 29.4 Å². The summed E-state index contributed by atoms with van der Waals surface area (Å²) < 4.78 is 43.4. The molecule has 0 aliphatic carbocycles. The molecule has 0 unspecified atom stereocenters. The number of carbonyl (C=O) groups is 2. The highest BCUT2D eigenvalue weighted by Gasteiger charge is 2.42. The third-order valence-corrected chi connectivity index (χ3v) is 9.94. The number of thioether (sulfide) groups is 1. The number of fused-ring (bicyclic) bond motifs is 1. The van der Waals surface area contributed by atoms with Gasteiger partial charge in [-0.3, -0.25) is 5.32 Å². The molecule has 9 nitrogen and oxygen atoms in total. The molecule has 3 rings (SSSR count). The van der Waals surface area contributed by atoms with Crippen LogP contribution in [0.25, 0.3) is 0 Å². The molecule has 224 valence electrons. The SMILES string of the molecule is CCCCC1(CCCC)CN(c2ccc(NC(=O)OC)cc2)c2cc(SC)c(O/C=C/C(=O)OC)cc2S(=O)(=O)C1. The molecule has 1 N–H and O–H groups in total. The second kappa shape index (κ2) is 14.6. The maximum atomic E-state index is 14.2. The van der Waals surface area contributed by atoms with Crippen LogP contribution in [-0.4, -0.2) is 53.3 Å². The molecule has 11 heteroatoms. The highest BCUT2D eigenvalue weighted by molar-refractivity contribution is 7.98. The summed E-state index contributed by atoms with van der Waals surface area (Å²) in [4.78, 5) is 26.3. The topological polar surface area (TPSA) is 111 Å². The zero-order valence-corrected chi connectivity index (χ0v) is 26.0. The zero-order valence-electron chi connectivity index (χ0n) is 24.4. The summed E-state index contributed by atoms with van der Waals surface area (Å²) >= 11 is 1.42. The number of rotatable bonds is 12. The predicted molar refractivity (Wildman–Crippen MR) is 163 cm³/mol. The minimum absolute atomic E-state index is 0.0293. The Morgan fingerprint density at radius 2 is 1.71 bits per heavy atom. The van der Waals surface area contributed by atoms with Gasteiger partial charge in [0.2, 0.25) is 0 Å². The second-order valence-corrected chi connectivity index (χ2v) is 12.9. The molecular weight excluding hydrogens is 564 g/mol. The third-order valence-electron chi connectivity index (χ3n) is 7.19. The van der Waals surface area contributed by atoms with Crippen molar-refractivity contribution in [3.05, 3.63) is 48.7 Å². The summed E-state index contributed by atoms with van der Waals surface area (Å²) in [7, 11) is -1.16. The molecule has 2 aromatic carbocycles. The fourth-order valence-corrected chi connectivity index (χ4v) is 7.73. The standard InChI is InChI=1S/C30H40N2O7S2/c1-6-8-15-30(16-9-7-2)20-32(23-12-10-22(11-13-23)31-29(34)38-4)24-18-26(40-5)25(39-17-14-28(33)37-3)19-27(24)41(35,36)21-30/h10-14,17-19H,6-9,15-16,20-21H2,1-5H3,(H,31,34)/b17-14+. The summed E-state index contributed by atoms with van der Waals surface area (Å²) in [6, 6.07) is 10.7. The van der Waals surface area contributed by atoms with Gasteiger partial charge in [-0.25, -0.2) is 18.0 Å². The zero-order chi connectivity index (χ0) is 30.0. The van der Waals surface area contributed by atoms with Gasteiger partial charge < -0.3 is 19.1 Å². The molecule has 1 amide bonds. The predicted octanol–water partition coefficient (Wildman–Crippen LogP) is 6.94. The van der Waals surface area contributed by atoms with Crippen LogP contribution in [0.15, 0.2) is 58.5 Å². The van der Waals surface area contributed by atoms with Crippen molar-refractivity contribution >= 4 is 50.7 Å². The van der Waals surface area contributed by atoms with E-state index in [1.165, 1.54) is 32.2 Å². The van der Waals surface area contributed by atoms with Crippen molar-refractivity contribution in [2.75, 3.05) is 43.0 Å². The Morgan fingerprint density at radius 1 is 1.05 bits per heavy atom. The van der Waals surface area contributed by atoms with Crippen LogP contribution in [0.5, 0.6) is 5.75 Å². The number of amides is 1. The van der Waals surface area contributed by atoms with Crippen molar-refractivity contribution in [2.24, 2.45) is 5.41 Å². The van der Waals surface area contributed by atoms with Gasteiger partial charge in [0.15, 0.2) is 9.84 Å². The van der Waals surface area contributed by atoms with Crippen molar-refractivity contribution in [3.8, 4) is 5.75 Å². The lowest BCUT2D eigenvalue weighted by molar-refractivity contribution is -0.134. The van der Waals surface area contributed by atoms with Crippen LogP contribution in [-0.2, 0) is 24.1 Å². The molecule has 0 aromatic heterocycles. The summed E-state index contributed by atoms with van der Waals surface area (Å²) in [6.45, 7) is 4.77. The Bertz CT molecular complexity index is 1330. The lowest BCUT2D eigenvalue weighted by Crippen LogP contribution is -2.38. The van der Waals surface area contributed by atoms with Gasteiger partial charge in [0.1, 0.15) is 5.75 Å². The van der Waals surface area contributed by atoms with Crippen molar-refractivity contribution in [1.82, 2.24) is 0 Å². The van der Waals surface area contributed by atoms with E-state index in [1.54, 1.807) is 18.2 Å².